The molecule has 0 unspecified atom stereocenters. The van der Waals surface area contributed by atoms with E-state index in [-0.39, 0.29) is 23.7 Å². The molecule has 7 heteroatoms. The van der Waals surface area contributed by atoms with Gasteiger partial charge in [-0.15, -0.1) is 0 Å². The Bertz CT molecular complexity index is 1320. The summed E-state index contributed by atoms with van der Waals surface area (Å²) in [5.41, 5.74) is 8.69. The van der Waals surface area contributed by atoms with Crippen molar-refractivity contribution in [3.05, 3.63) is 106 Å². The first-order chi connectivity index (χ1) is 17.7. The standard InChI is InChI=1S/C30H34N4O3/c1-19-25(9-7-11-27(19)21(3)29-13-33(17-31-29)23(5)35)15-37-16-26-10-8-12-28(20(26)2)22(4)30-14-34(18-32-30)24(6)36/h7-14,17-18,21-22H,15-16H2,1-6H3/t21-,22-/m0/s1. The minimum absolute atomic E-state index is 0.0516. The van der Waals surface area contributed by atoms with Gasteiger partial charge in [-0.2, -0.15) is 0 Å². The Morgan fingerprint density at radius 1 is 0.757 bits per heavy atom. The molecule has 2 heterocycles. The lowest BCUT2D eigenvalue weighted by molar-refractivity contribution is 0.0927. The van der Waals surface area contributed by atoms with E-state index in [0.717, 1.165) is 22.5 Å². The highest BCUT2D eigenvalue weighted by atomic mass is 16.5. The number of carbonyl (C=O) groups excluding carboxylic acids is 2. The van der Waals surface area contributed by atoms with Crippen LogP contribution in [0.1, 0.15) is 93.9 Å². The summed E-state index contributed by atoms with van der Waals surface area (Å²) in [6, 6.07) is 12.5. The average Bonchev–Trinajstić information content (AvgIpc) is 3.56. The summed E-state index contributed by atoms with van der Waals surface area (Å²) in [5, 5.41) is 0. The van der Waals surface area contributed by atoms with Gasteiger partial charge in [-0.05, 0) is 47.2 Å². The highest BCUT2D eigenvalue weighted by molar-refractivity contribution is 5.76. The Labute approximate surface area is 218 Å². The van der Waals surface area contributed by atoms with Gasteiger partial charge in [0.2, 0.25) is 11.8 Å². The fourth-order valence-corrected chi connectivity index (χ4v) is 4.71. The Morgan fingerprint density at radius 3 is 1.51 bits per heavy atom. The molecule has 37 heavy (non-hydrogen) atoms. The van der Waals surface area contributed by atoms with Crippen molar-refractivity contribution in [3.8, 4) is 0 Å². The van der Waals surface area contributed by atoms with Gasteiger partial charge >= 0.3 is 0 Å². The number of hydrogen-bond donors (Lipinski definition) is 0. The van der Waals surface area contributed by atoms with E-state index in [1.54, 1.807) is 25.0 Å². The predicted molar refractivity (Wildman–Crippen MR) is 143 cm³/mol. The zero-order valence-corrected chi connectivity index (χ0v) is 22.4. The van der Waals surface area contributed by atoms with Crippen molar-refractivity contribution in [1.82, 2.24) is 19.1 Å². The number of carbonyl (C=O) groups is 2. The van der Waals surface area contributed by atoms with Gasteiger partial charge in [0.15, 0.2) is 0 Å². The summed E-state index contributed by atoms with van der Waals surface area (Å²) in [6.07, 6.45) is 6.75. The number of benzene rings is 2. The van der Waals surface area contributed by atoms with E-state index in [1.165, 1.54) is 45.2 Å². The zero-order chi connectivity index (χ0) is 26.7. The molecule has 0 fully saturated rings. The van der Waals surface area contributed by atoms with Crippen LogP contribution >= 0.6 is 0 Å². The summed E-state index contributed by atoms with van der Waals surface area (Å²) in [4.78, 5) is 32.2. The van der Waals surface area contributed by atoms with Crippen molar-refractivity contribution in [2.24, 2.45) is 0 Å². The fourth-order valence-electron chi connectivity index (χ4n) is 4.71. The molecule has 0 amide bonds. The van der Waals surface area contributed by atoms with Crippen molar-refractivity contribution in [1.29, 1.82) is 0 Å². The summed E-state index contributed by atoms with van der Waals surface area (Å²) in [5.74, 6) is 0.0218. The predicted octanol–water partition coefficient (Wildman–Crippen LogP) is 6.04. The van der Waals surface area contributed by atoms with Crippen LogP contribution in [0, 0.1) is 13.8 Å². The molecule has 0 bridgehead atoms. The third-order valence-electron chi connectivity index (χ3n) is 7.24. The number of ether oxygens (including phenoxy) is 1. The molecule has 0 aliphatic rings. The second-order valence-corrected chi connectivity index (χ2v) is 9.65. The van der Waals surface area contributed by atoms with Crippen LogP contribution in [-0.4, -0.2) is 30.9 Å². The molecular formula is C30H34N4O3. The number of nitrogens with zero attached hydrogens (tertiary/aromatic N) is 4. The van der Waals surface area contributed by atoms with Crippen molar-refractivity contribution in [2.45, 2.75) is 66.6 Å². The lowest BCUT2D eigenvalue weighted by Gasteiger charge is -2.18. The molecule has 4 rings (SSSR count). The second-order valence-electron chi connectivity index (χ2n) is 9.65. The Morgan fingerprint density at radius 2 is 1.16 bits per heavy atom. The zero-order valence-electron chi connectivity index (χ0n) is 22.4. The van der Waals surface area contributed by atoms with Crippen molar-refractivity contribution < 1.29 is 14.3 Å². The van der Waals surface area contributed by atoms with Gasteiger partial charge in [0.1, 0.15) is 12.7 Å². The van der Waals surface area contributed by atoms with Crippen LogP contribution in [0.5, 0.6) is 0 Å². The molecule has 2 aromatic carbocycles. The van der Waals surface area contributed by atoms with Crippen molar-refractivity contribution in [2.75, 3.05) is 0 Å². The molecule has 0 saturated carbocycles. The maximum Gasteiger partial charge on any atom is 0.228 e. The number of hydrogen-bond acceptors (Lipinski definition) is 5. The van der Waals surface area contributed by atoms with Crippen LogP contribution in [0.15, 0.2) is 61.4 Å². The summed E-state index contributed by atoms with van der Waals surface area (Å²) >= 11 is 0. The molecular weight excluding hydrogens is 464 g/mol. The lowest BCUT2D eigenvalue weighted by atomic mass is 9.91. The number of aromatic nitrogens is 4. The molecule has 0 spiro atoms. The van der Waals surface area contributed by atoms with Gasteiger partial charge < -0.3 is 4.74 Å². The van der Waals surface area contributed by atoms with E-state index in [1.807, 2.05) is 12.1 Å². The highest BCUT2D eigenvalue weighted by Gasteiger charge is 2.18. The minimum Gasteiger partial charge on any atom is -0.372 e. The van der Waals surface area contributed by atoms with E-state index in [0.29, 0.717) is 13.2 Å². The van der Waals surface area contributed by atoms with Crippen molar-refractivity contribution in [3.63, 3.8) is 0 Å². The van der Waals surface area contributed by atoms with Crippen LogP contribution in [-0.2, 0) is 18.0 Å². The van der Waals surface area contributed by atoms with E-state index in [4.69, 9.17) is 4.74 Å². The largest absolute Gasteiger partial charge is 0.372 e. The first-order valence-electron chi connectivity index (χ1n) is 12.5. The molecule has 2 aromatic heterocycles. The average molecular weight is 499 g/mol. The molecule has 192 valence electrons. The number of imidazole rings is 2. The molecule has 0 aliphatic heterocycles. The first-order valence-corrected chi connectivity index (χ1v) is 12.5. The van der Waals surface area contributed by atoms with Gasteiger partial charge in [0.05, 0.1) is 24.6 Å². The molecule has 4 aromatic rings. The van der Waals surface area contributed by atoms with Gasteiger partial charge in [-0.25, -0.2) is 9.97 Å². The molecule has 0 aliphatic carbocycles. The maximum absolute atomic E-state index is 11.6. The van der Waals surface area contributed by atoms with Gasteiger partial charge in [-0.3, -0.25) is 18.7 Å². The van der Waals surface area contributed by atoms with Crippen LogP contribution < -0.4 is 0 Å². The molecule has 0 radical (unpaired) electrons. The first kappa shape index (κ1) is 26.2. The van der Waals surface area contributed by atoms with Crippen LogP contribution in [0.4, 0.5) is 0 Å². The van der Waals surface area contributed by atoms with E-state index >= 15 is 0 Å². The maximum atomic E-state index is 11.6. The highest BCUT2D eigenvalue weighted by Crippen LogP contribution is 2.30. The summed E-state index contributed by atoms with van der Waals surface area (Å²) < 4.78 is 9.22. The Hall–Kier alpha value is -3.84. The van der Waals surface area contributed by atoms with Crippen molar-refractivity contribution >= 4 is 11.8 Å². The summed E-state index contributed by atoms with van der Waals surface area (Å²) in [7, 11) is 0. The normalized spacial score (nSPS) is 12.9. The lowest BCUT2D eigenvalue weighted by Crippen LogP contribution is -2.06. The van der Waals surface area contributed by atoms with E-state index < -0.39 is 0 Å². The van der Waals surface area contributed by atoms with E-state index in [2.05, 4.69) is 61.9 Å². The van der Waals surface area contributed by atoms with Gasteiger partial charge in [0, 0.05) is 38.1 Å². The van der Waals surface area contributed by atoms with Crippen LogP contribution in [0.3, 0.4) is 0 Å². The molecule has 0 N–H and O–H groups in total. The quantitative estimate of drug-likeness (QED) is 0.296. The minimum atomic E-state index is -0.0516. The van der Waals surface area contributed by atoms with E-state index in [9.17, 15) is 9.59 Å². The fraction of sp³-hybridized carbons (Fsp3) is 0.333. The van der Waals surface area contributed by atoms with Crippen LogP contribution in [0.2, 0.25) is 0 Å². The second kappa shape index (κ2) is 11.0. The smallest absolute Gasteiger partial charge is 0.228 e. The van der Waals surface area contributed by atoms with Gasteiger partial charge in [-0.1, -0.05) is 50.2 Å². The summed E-state index contributed by atoms with van der Waals surface area (Å²) in [6.45, 7) is 12.5. The molecule has 0 saturated heterocycles. The topological polar surface area (TPSA) is 79.0 Å². The number of rotatable bonds is 8. The Kier molecular flexibility index (Phi) is 7.83. The third-order valence-corrected chi connectivity index (χ3v) is 7.24. The molecule has 2 atom stereocenters. The van der Waals surface area contributed by atoms with Crippen LogP contribution in [0.25, 0.3) is 0 Å². The third kappa shape index (κ3) is 5.62. The Balaban J connectivity index is 1.45. The monoisotopic (exact) mass is 498 g/mol. The van der Waals surface area contributed by atoms with Gasteiger partial charge in [0.25, 0.3) is 0 Å². The molecule has 7 nitrogen and oxygen atoms in total. The SMILES string of the molecule is CC(=O)n1cnc([C@@H](C)c2cccc(COCc3cccc([C@H](C)c4cn(C(C)=O)cn4)c3C)c2C)c1.